The molecule has 2 N–H and O–H groups in total. The summed E-state index contributed by atoms with van der Waals surface area (Å²) in [6.45, 7) is 0.426. The zero-order chi connectivity index (χ0) is 11.4. The van der Waals surface area contributed by atoms with Crippen molar-refractivity contribution < 1.29 is 5.11 Å². The van der Waals surface area contributed by atoms with Crippen molar-refractivity contribution >= 4 is 0 Å². The molecule has 0 aromatic heterocycles. The van der Waals surface area contributed by atoms with Crippen LogP contribution in [0.2, 0.25) is 0 Å². The van der Waals surface area contributed by atoms with E-state index in [-0.39, 0.29) is 5.75 Å². The minimum Gasteiger partial charge on any atom is -0.508 e. The Labute approximate surface area is 93.9 Å². The Morgan fingerprint density at radius 1 is 0.875 bits per heavy atom. The number of rotatable bonds is 3. The van der Waals surface area contributed by atoms with Crippen LogP contribution in [0.25, 0.3) is 11.1 Å². The van der Waals surface area contributed by atoms with Crippen LogP contribution in [0, 0.1) is 5.53 Å². The van der Waals surface area contributed by atoms with E-state index in [0.717, 1.165) is 16.7 Å². The predicted octanol–water partition coefficient (Wildman–Crippen LogP) is 3.59. The molecule has 0 spiro atoms. The number of benzene rings is 2. The zero-order valence-electron chi connectivity index (χ0n) is 8.72. The van der Waals surface area contributed by atoms with Gasteiger partial charge in [0.05, 0.1) is 6.54 Å². The first-order valence-corrected chi connectivity index (χ1v) is 5.01. The van der Waals surface area contributed by atoms with Gasteiger partial charge in [-0.05, 0) is 28.8 Å². The van der Waals surface area contributed by atoms with E-state index in [4.69, 9.17) is 5.53 Å². The summed E-state index contributed by atoms with van der Waals surface area (Å²) >= 11 is 0. The van der Waals surface area contributed by atoms with Crippen molar-refractivity contribution in [3.63, 3.8) is 0 Å². The smallest absolute Gasteiger partial charge is 0.115 e. The van der Waals surface area contributed by atoms with E-state index in [0.29, 0.717) is 6.54 Å². The van der Waals surface area contributed by atoms with E-state index in [1.165, 1.54) is 0 Å². The highest BCUT2D eigenvalue weighted by molar-refractivity contribution is 5.64. The number of phenolic OH excluding ortho intramolecular Hbond substituents is 1. The van der Waals surface area contributed by atoms with Crippen LogP contribution in [-0.4, -0.2) is 5.11 Å². The molecule has 2 rings (SSSR count). The van der Waals surface area contributed by atoms with Gasteiger partial charge in [-0.25, -0.2) is 5.53 Å². The first kappa shape index (κ1) is 10.4. The van der Waals surface area contributed by atoms with Gasteiger partial charge in [0.1, 0.15) is 5.75 Å². The van der Waals surface area contributed by atoms with Crippen LogP contribution in [0.15, 0.2) is 53.6 Å². The van der Waals surface area contributed by atoms with Crippen LogP contribution in [0.1, 0.15) is 5.56 Å². The van der Waals surface area contributed by atoms with Crippen LogP contribution in [0.4, 0.5) is 0 Å². The number of hydrogen-bond donors (Lipinski definition) is 2. The summed E-state index contributed by atoms with van der Waals surface area (Å²) in [5, 5.41) is 12.5. The quantitative estimate of drug-likeness (QED) is 0.750. The molecular weight excluding hydrogens is 200 g/mol. The van der Waals surface area contributed by atoms with E-state index in [1.807, 2.05) is 36.4 Å². The summed E-state index contributed by atoms with van der Waals surface area (Å²) in [7, 11) is 0. The first-order chi connectivity index (χ1) is 7.79. The fourth-order valence-electron chi connectivity index (χ4n) is 1.55. The summed E-state index contributed by atoms with van der Waals surface area (Å²) in [5.74, 6) is 0.272. The lowest BCUT2D eigenvalue weighted by atomic mass is 10.0. The molecule has 0 radical (unpaired) electrons. The fraction of sp³-hybridized carbons (Fsp3) is 0.0769. The average Bonchev–Trinajstić information content (AvgIpc) is 2.32. The minimum atomic E-state index is 0.272. The van der Waals surface area contributed by atoms with E-state index >= 15 is 0 Å². The lowest BCUT2D eigenvalue weighted by molar-refractivity contribution is 0.475. The highest BCUT2D eigenvalue weighted by Gasteiger charge is 1.98. The van der Waals surface area contributed by atoms with Crippen molar-refractivity contribution in [2.24, 2.45) is 5.11 Å². The molecule has 2 aromatic carbocycles. The molecule has 0 fully saturated rings. The maximum absolute atomic E-state index is 9.18. The summed E-state index contributed by atoms with van der Waals surface area (Å²) in [6.07, 6.45) is 0. The lowest BCUT2D eigenvalue weighted by Gasteiger charge is -2.02. The molecule has 0 unspecified atom stereocenters. The second-order valence-electron chi connectivity index (χ2n) is 3.56. The summed E-state index contributed by atoms with van der Waals surface area (Å²) in [5.41, 5.74) is 9.96. The molecule has 2 aromatic rings. The molecule has 0 heterocycles. The monoisotopic (exact) mass is 212 g/mol. The molecule has 0 saturated carbocycles. The van der Waals surface area contributed by atoms with Crippen molar-refractivity contribution in [1.29, 1.82) is 5.53 Å². The SMILES string of the molecule is N=NCc1ccc(-c2ccc(O)cc2)cc1. The maximum atomic E-state index is 9.18. The molecule has 0 aliphatic carbocycles. The molecule has 0 bridgehead atoms. The summed E-state index contributed by atoms with van der Waals surface area (Å²) in [6, 6.07) is 15.0. The zero-order valence-corrected chi connectivity index (χ0v) is 8.72. The van der Waals surface area contributed by atoms with Crippen molar-refractivity contribution in [3.05, 3.63) is 54.1 Å². The second-order valence-corrected chi connectivity index (χ2v) is 3.56. The molecule has 3 heteroatoms. The largest absolute Gasteiger partial charge is 0.508 e. The summed E-state index contributed by atoms with van der Waals surface area (Å²) < 4.78 is 0. The van der Waals surface area contributed by atoms with Crippen molar-refractivity contribution in [2.75, 3.05) is 0 Å². The van der Waals surface area contributed by atoms with Gasteiger partial charge in [-0.2, -0.15) is 5.11 Å². The second kappa shape index (κ2) is 4.57. The van der Waals surface area contributed by atoms with Gasteiger partial charge in [0.25, 0.3) is 0 Å². The van der Waals surface area contributed by atoms with E-state index in [1.54, 1.807) is 12.1 Å². The number of hydrogen-bond acceptors (Lipinski definition) is 3. The Hall–Kier alpha value is -2.16. The third kappa shape index (κ3) is 2.25. The number of phenols is 1. The standard InChI is InChI=1S/C13H12N2O/c14-15-9-10-1-3-11(4-2-10)12-5-7-13(16)8-6-12/h1-8,14,16H,9H2. The predicted molar refractivity (Wildman–Crippen MR) is 62.4 cm³/mol. The first-order valence-electron chi connectivity index (χ1n) is 5.01. The van der Waals surface area contributed by atoms with Gasteiger partial charge in [0, 0.05) is 0 Å². The number of aromatic hydroxyl groups is 1. The molecular formula is C13H12N2O. The molecule has 3 nitrogen and oxygen atoms in total. The number of nitrogens with zero attached hydrogens (tertiary/aromatic N) is 1. The topological polar surface area (TPSA) is 56.4 Å². The minimum absolute atomic E-state index is 0.272. The molecule has 0 aliphatic rings. The van der Waals surface area contributed by atoms with Crippen LogP contribution in [0.5, 0.6) is 5.75 Å². The van der Waals surface area contributed by atoms with Gasteiger partial charge in [-0.1, -0.05) is 36.4 Å². The number of nitrogens with one attached hydrogen (secondary N) is 1. The van der Waals surface area contributed by atoms with Crippen LogP contribution < -0.4 is 0 Å². The highest BCUT2D eigenvalue weighted by atomic mass is 16.3. The maximum Gasteiger partial charge on any atom is 0.115 e. The van der Waals surface area contributed by atoms with E-state index in [9.17, 15) is 5.11 Å². The van der Waals surface area contributed by atoms with Gasteiger partial charge < -0.3 is 5.11 Å². The van der Waals surface area contributed by atoms with Crippen LogP contribution in [0.3, 0.4) is 0 Å². The fourth-order valence-corrected chi connectivity index (χ4v) is 1.55. The molecule has 16 heavy (non-hydrogen) atoms. The van der Waals surface area contributed by atoms with Crippen molar-refractivity contribution in [1.82, 2.24) is 0 Å². The van der Waals surface area contributed by atoms with Gasteiger partial charge in [0.15, 0.2) is 0 Å². The third-order valence-electron chi connectivity index (χ3n) is 2.42. The van der Waals surface area contributed by atoms with Crippen LogP contribution in [-0.2, 0) is 6.54 Å². The van der Waals surface area contributed by atoms with Gasteiger partial charge >= 0.3 is 0 Å². The Morgan fingerprint density at radius 3 is 1.88 bits per heavy atom. The Kier molecular flexibility index (Phi) is 2.96. The lowest BCUT2D eigenvalue weighted by Crippen LogP contribution is -1.81. The Bertz CT molecular complexity index is 474. The third-order valence-corrected chi connectivity index (χ3v) is 2.42. The van der Waals surface area contributed by atoms with Gasteiger partial charge in [-0.3, -0.25) is 0 Å². The van der Waals surface area contributed by atoms with Crippen LogP contribution >= 0.6 is 0 Å². The van der Waals surface area contributed by atoms with E-state index in [2.05, 4.69) is 5.11 Å². The molecule has 0 aliphatic heterocycles. The van der Waals surface area contributed by atoms with E-state index < -0.39 is 0 Å². The normalized spacial score (nSPS) is 10.0. The van der Waals surface area contributed by atoms with Gasteiger partial charge in [-0.15, -0.1) is 0 Å². The average molecular weight is 212 g/mol. The van der Waals surface area contributed by atoms with Crippen molar-refractivity contribution in [2.45, 2.75) is 6.54 Å². The molecule has 0 saturated heterocycles. The molecule has 80 valence electrons. The summed E-state index contributed by atoms with van der Waals surface area (Å²) in [4.78, 5) is 0. The van der Waals surface area contributed by atoms with Gasteiger partial charge in [0.2, 0.25) is 0 Å². The van der Waals surface area contributed by atoms with Crippen molar-refractivity contribution in [3.8, 4) is 16.9 Å². The highest BCUT2D eigenvalue weighted by Crippen LogP contribution is 2.22. The Morgan fingerprint density at radius 2 is 1.38 bits per heavy atom. The molecule has 0 atom stereocenters. The Balaban J connectivity index is 2.27. The molecule has 0 amide bonds.